The SMILES string of the molecule is CC(NC(=O)C1CCCN(S(=O)(=O)c2ccc(Br)s2)C1)c1ccccn1. The Morgan fingerprint density at radius 3 is 2.85 bits per heavy atom. The molecule has 1 N–H and O–H groups in total. The van der Waals surface area contributed by atoms with Gasteiger partial charge >= 0.3 is 0 Å². The first kappa shape index (κ1) is 19.5. The summed E-state index contributed by atoms with van der Waals surface area (Å²) in [4.78, 5) is 16.9. The maximum atomic E-state index is 12.8. The van der Waals surface area contributed by atoms with E-state index in [9.17, 15) is 13.2 Å². The molecule has 1 saturated heterocycles. The van der Waals surface area contributed by atoms with Gasteiger partial charge in [-0.25, -0.2) is 8.42 Å². The molecule has 2 aromatic heterocycles. The molecular formula is C17H20BrN3O3S2. The van der Waals surface area contributed by atoms with E-state index in [4.69, 9.17) is 0 Å². The average molecular weight is 458 g/mol. The second-order valence-electron chi connectivity index (χ2n) is 6.25. The van der Waals surface area contributed by atoms with Gasteiger partial charge in [0, 0.05) is 19.3 Å². The minimum Gasteiger partial charge on any atom is -0.348 e. The lowest BCUT2D eigenvalue weighted by molar-refractivity contribution is -0.126. The third-order valence-electron chi connectivity index (χ3n) is 4.39. The van der Waals surface area contributed by atoms with Crippen molar-refractivity contribution in [2.45, 2.75) is 30.0 Å². The van der Waals surface area contributed by atoms with Gasteiger partial charge in [-0.1, -0.05) is 6.07 Å². The van der Waals surface area contributed by atoms with Crippen molar-refractivity contribution in [3.05, 3.63) is 46.0 Å². The van der Waals surface area contributed by atoms with E-state index in [1.807, 2.05) is 25.1 Å². The van der Waals surface area contributed by atoms with Crippen molar-refractivity contribution in [3.63, 3.8) is 0 Å². The van der Waals surface area contributed by atoms with Crippen LogP contribution in [-0.2, 0) is 14.8 Å². The molecule has 9 heteroatoms. The lowest BCUT2D eigenvalue weighted by atomic mass is 9.98. The van der Waals surface area contributed by atoms with E-state index >= 15 is 0 Å². The molecule has 0 spiro atoms. The Kier molecular flexibility index (Phi) is 6.11. The number of amides is 1. The molecule has 3 rings (SSSR count). The van der Waals surface area contributed by atoms with Crippen LogP contribution in [0.1, 0.15) is 31.5 Å². The summed E-state index contributed by atoms with van der Waals surface area (Å²) in [5.74, 6) is -0.483. The van der Waals surface area contributed by atoms with Crippen LogP contribution in [0.2, 0.25) is 0 Å². The molecule has 2 unspecified atom stereocenters. The summed E-state index contributed by atoms with van der Waals surface area (Å²) in [6.07, 6.45) is 3.04. The van der Waals surface area contributed by atoms with Gasteiger partial charge in [0.2, 0.25) is 5.91 Å². The number of carbonyl (C=O) groups excluding carboxylic acids is 1. The third kappa shape index (κ3) is 4.33. The summed E-state index contributed by atoms with van der Waals surface area (Å²) >= 11 is 4.48. The quantitative estimate of drug-likeness (QED) is 0.747. The molecule has 3 heterocycles. The second-order valence-corrected chi connectivity index (χ2v) is 10.9. The van der Waals surface area contributed by atoms with Crippen molar-refractivity contribution in [3.8, 4) is 0 Å². The molecule has 0 radical (unpaired) electrons. The number of hydrogen-bond acceptors (Lipinski definition) is 5. The van der Waals surface area contributed by atoms with Crippen LogP contribution in [0, 0.1) is 5.92 Å². The zero-order valence-electron chi connectivity index (χ0n) is 14.3. The zero-order valence-corrected chi connectivity index (χ0v) is 17.5. The maximum absolute atomic E-state index is 12.8. The molecule has 0 saturated carbocycles. The zero-order chi connectivity index (χ0) is 18.7. The van der Waals surface area contributed by atoms with E-state index < -0.39 is 10.0 Å². The van der Waals surface area contributed by atoms with Crippen LogP contribution >= 0.6 is 27.3 Å². The third-order valence-corrected chi connectivity index (χ3v) is 8.34. The first-order chi connectivity index (χ1) is 12.4. The highest BCUT2D eigenvalue weighted by atomic mass is 79.9. The van der Waals surface area contributed by atoms with Crippen LogP contribution in [-0.4, -0.2) is 36.7 Å². The Morgan fingerprint density at radius 1 is 1.38 bits per heavy atom. The fourth-order valence-electron chi connectivity index (χ4n) is 2.98. The number of pyridine rings is 1. The van der Waals surface area contributed by atoms with E-state index in [-0.39, 0.29) is 24.4 Å². The first-order valence-electron chi connectivity index (χ1n) is 8.34. The van der Waals surface area contributed by atoms with Crippen molar-refractivity contribution in [1.29, 1.82) is 0 Å². The highest BCUT2D eigenvalue weighted by molar-refractivity contribution is 9.11. The summed E-state index contributed by atoms with van der Waals surface area (Å²) in [5, 5.41) is 2.95. The van der Waals surface area contributed by atoms with Crippen molar-refractivity contribution in [1.82, 2.24) is 14.6 Å². The molecule has 6 nitrogen and oxygen atoms in total. The van der Waals surface area contributed by atoms with Crippen LogP contribution < -0.4 is 5.32 Å². The van der Waals surface area contributed by atoms with Crippen LogP contribution in [0.15, 0.2) is 44.5 Å². The number of hydrogen-bond donors (Lipinski definition) is 1. The van der Waals surface area contributed by atoms with Crippen molar-refractivity contribution >= 4 is 43.2 Å². The summed E-state index contributed by atoms with van der Waals surface area (Å²) in [5.41, 5.74) is 0.782. The fraction of sp³-hybridized carbons (Fsp3) is 0.412. The number of nitrogens with one attached hydrogen (secondary N) is 1. The topological polar surface area (TPSA) is 79.4 Å². The number of piperidine rings is 1. The highest BCUT2D eigenvalue weighted by Gasteiger charge is 2.34. The minimum atomic E-state index is -3.56. The van der Waals surface area contributed by atoms with E-state index in [2.05, 4.69) is 26.2 Å². The summed E-state index contributed by atoms with van der Waals surface area (Å²) in [6, 6.07) is 8.65. The molecule has 2 aromatic rings. The fourth-order valence-corrected chi connectivity index (χ4v) is 6.66. The normalized spacial score (nSPS) is 19.8. The molecule has 0 aliphatic carbocycles. The first-order valence-corrected chi connectivity index (χ1v) is 11.4. The Labute approximate surface area is 165 Å². The van der Waals surface area contributed by atoms with Gasteiger partial charge in [-0.2, -0.15) is 4.31 Å². The lowest BCUT2D eigenvalue weighted by Gasteiger charge is -2.31. The number of aromatic nitrogens is 1. The number of sulfonamides is 1. The molecule has 0 bridgehead atoms. The standard InChI is InChI=1S/C17H20BrN3O3S2/c1-12(14-6-2-3-9-19-14)20-17(22)13-5-4-10-21(11-13)26(23,24)16-8-7-15(18)25-16/h2-3,6-9,12-13H,4-5,10-11H2,1H3,(H,20,22). The van der Waals surface area contributed by atoms with Gasteiger partial charge in [0.25, 0.3) is 10.0 Å². The maximum Gasteiger partial charge on any atom is 0.252 e. The Bertz CT molecular complexity index is 870. The van der Waals surface area contributed by atoms with Crippen LogP contribution in [0.25, 0.3) is 0 Å². The van der Waals surface area contributed by atoms with Crippen LogP contribution in [0.5, 0.6) is 0 Å². The van der Waals surface area contributed by atoms with Gasteiger partial charge in [0.1, 0.15) is 4.21 Å². The van der Waals surface area contributed by atoms with Gasteiger partial charge in [-0.15, -0.1) is 11.3 Å². The predicted octanol–water partition coefficient (Wildman–Crippen LogP) is 3.18. The second kappa shape index (κ2) is 8.16. The minimum absolute atomic E-state index is 0.129. The summed E-state index contributed by atoms with van der Waals surface area (Å²) < 4.78 is 28.1. The molecule has 26 heavy (non-hydrogen) atoms. The molecule has 1 aliphatic rings. The van der Waals surface area contributed by atoms with Crippen molar-refractivity contribution in [2.75, 3.05) is 13.1 Å². The average Bonchev–Trinajstić information content (AvgIpc) is 3.10. The van der Waals surface area contributed by atoms with Gasteiger partial charge in [-0.3, -0.25) is 9.78 Å². The lowest BCUT2D eigenvalue weighted by Crippen LogP contribution is -2.45. The molecule has 2 atom stereocenters. The number of halogens is 1. The van der Waals surface area contributed by atoms with Gasteiger partial charge in [0.05, 0.1) is 21.4 Å². The molecular weight excluding hydrogens is 438 g/mol. The Morgan fingerprint density at radius 2 is 2.19 bits per heavy atom. The van der Waals surface area contributed by atoms with E-state index in [0.29, 0.717) is 23.6 Å². The number of nitrogens with zero attached hydrogens (tertiary/aromatic N) is 2. The highest BCUT2D eigenvalue weighted by Crippen LogP contribution is 2.31. The number of thiophene rings is 1. The van der Waals surface area contributed by atoms with E-state index in [1.54, 1.807) is 18.3 Å². The van der Waals surface area contributed by atoms with E-state index in [0.717, 1.165) is 9.48 Å². The predicted molar refractivity (Wildman–Crippen MR) is 104 cm³/mol. The number of carbonyl (C=O) groups is 1. The van der Waals surface area contributed by atoms with Crippen molar-refractivity contribution in [2.24, 2.45) is 5.92 Å². The van der Waals surface area contributed by atoms with Gasteiger partial charge in [0.15, 0.2) is 0 Å². The largest absolute Gasteiger partial charge is 0.348 e. The molecule has 1 amide bonds. The summed E-state index contributed by atoms with van der Waals surface area (Å²) in [7, 11) is -3.56. The molecule has 140 valence electrons. The molecule has 1 fully saturated rings. The smallest absolute Gasteiger partial charge is 0.252 e. The van der Waals surface area contributed by atoms with Gasteiger partial charge in [-0.05, 0) is 60.0 Å². The Hall–Kier alpha value is -1.29. The Balaban J connectivity index is 1.67. The van der Waals surface area contributed by atoms with Crippen molar-refractivity contribution < 1.29 is 13.2 Å². The molecule has 0 aromatic carbocycles. The van der Waals surface area contributed by atoms with Crippen LogP contribution in [0.4, 0.5) is 0 Å². The number of rotatable bonds is 5. The van der Waals surface area contributed by atoms with E-state index in [1.165, 1.54) is 15.6 Å². The van der Waals surface area contributed by atoms with Crippen LogP contribution in [0.3, 0.4) is 0 Å². The molecule has 1 aliphatic heterocycles. The monoisotopic (exact) mass is 457 g/mol. The summed E-state index contributed by atoms with van der Waals surface area (Å²) in [6.45, 7) is 2.52. The van der Waals surface area contributed by atoms with Gasteiger partial charge < -0.3 is 5.32 Å².